The van der Waals surface area contributed by atoms with Crippen LogP contribution in [-0.4, -0.2) is 53.7 Å². The molecule has 0 aliphatic heterocycles. The number of rotatable bonds is 6. The van der Waals surface area contributed by atoms with Crippen LogP contribution in [0.2, 0.25) is 0 Å². The van der Waals surface area contributed by atoms with E-state index in [1.54, 1.807) is 20.8 Å². The molecular formula is C25H30N2O5. The molecule has 32 heavy (non-hydrogen) atoms. The molecule has 7 heteroatoms. The molecule has 1 aliphatic carbocycles. The number of aliphatic carboxylic acids is 1. The average molecular weight is 439 g/mol. The van der Waals surface area contributed by atoms with Crippen LogP contribution in [0.3, 0.4) is 0 Å². The Kier molecular flexibility index (Phi) is 6.57. The Hall–Kier alpha value is -3.35. The zero-order valence-corrected chi connectivity index (χ0v) is 19.1. The first-order valence-electron chi connectivity index (χ1n) is 10.6. The van der Waals surface area contributed by atoms with Crippen LogP contribution in [0.5, 0.6) is 0 Å². The number of carbonyl (C=O) groups excluding carboxylic acids is 2. The minimum atomic E-state index is -1.12. The largest absolute Gasteiger partial charge is 0.480 e. The summed E-state index contributed by atoms with van der Waals surface area (Å²) < 4.78 is 5.57. The summed E-state index contributed by atoms with van der Waals surface area (Å²) >= 11 is 0. The summed E-state index contributed by atoms with van der Waals surface area (Å²) in [6.45, 7) is 6.97. The Balaban J connectivity index is 1.73. The van der Waals surface area contributed by atoms with Crippen molar-refractivity contribution in [2.45, 2.75) is 45.7 Å². The third-order valence-corrected chi connectivity index (χ3v) is 6.00. The molecule has 0 bridgehead atoms. The van der Waals surface area contributed by atoms with Gasteiger partial charge in [-0.15, -0.1) is 0 Å². The van der Waals surface area contributed by atoms with Crippen LogP contribution in [-0.2, 0) is 14.3 Å². The van der Waals surface area contributed by atoms with E-state index in [2.05, 4.69) is 17.4 Å². The van der Waals surface area contributed by atoms with Crippen LogP contribution in [0.1, 0.15) is 44.7 Å². The van der Waals surface area contributed by atoms with Crippen LogP contribution in [0.4, 0.5) is 4.79 Å². The van der Waals surface area contributed by atoms with Gasteiger partial charge in [-0.2, -0.15) is 0 Å². The van der Waals surface area contributed by atoms with Gasteiger partial charge in [-0.3, -0.25) is 4.79 Å². The maximum absolute atomic E-state index is 13.0. The van der Waals surface area contributed by atoms with Crippen LogP contribution < -0.4 is 5.32 Å². The molecule has 0 spiro atoms. The first-order chi connectivity index (χ1) is 15.0. The Morgan fingerprint density at radius 3 is 2.00 bits per heavy atom. The molecule has 1 unspecified atom stereocenters. The lowest BCUT2D eigenvalue weighted by Crippen LogP contribution is -2.56. The van der Waals surface area contributed by atoms with Gasteiger partial charge in [-0.05, 0) is 34.6 Å². The van der Waals surface area contributed by atoms with Crippen LogP contribution in [0, 0.1) is 5.41 Å². The molecule has 3 rings (SSSR count). The highest BCUT2D eigenvalue weighted by Gasteiger charge is 2.38. The fourth-order valence-electron chi connectivity index (χ4n) is 3.97. The Labute approximate surface area is 188 Å². The van der Waals surface area contributed by atoms with Crippen molar-refractivity contribution in [2.75, 3.05) is 13.7 Å². The minimum absolute atomic E-state index is 0.0911. The first kappa shape index (κ1) is 23.3. The molecule has 0 saturated carbocycles. The van der Waals surface area contributed by atoms with Gasteiger partial charge in [0.2, 0.25) is 5.91 Å². The number of fused-ring (bicyclic) bond motifs is 3. The number of nitrogens with zero attached hydrogens (tertiary/aromatic N) is 1. The van der Waals surface area contributed by atoms with Gasteiger partial charge in [0, 0.05) is 13.0 Å². The molecule has 2 aromatic carbocycles. The van der Waals surface area contributed by atoms with Gasteiger partial charge in [0.15, 0.2) is 0 Å². The number of amides is 2. The second-order valence-electron chi connectivity index (χ2n) is 9.23. The van der Waals surface area contributed by atoms with Gasteiger partial charge in [0.25, 0.3) is 0 Å². The van der Waals surface area contributed by atoms with Crippen molar-refractivity contribution < 1.29 is 24.2 Å². The molecule has 0 heterocycles. The Morgan fingerprint density at radius 2 is 1.53 bits per heavy atom. The highest BCUT2D eigenvalue weighted by molar-refractivity contribution is 5.89. The van der Waals surface area contributed by atoms with Gasteiger partial charge in [0.1, 0.15) is 18.7 Å². The fraction of sp³-hybridized carbons (Fsp3) is 0.400. The van der Waals surface area contributed by atoms with E-state index in [-0.39, 0.29) is 12.5 Å². The molecular weight excluding hydrogens is 408 g/mol. The van der Waals surface area contributed by atoms with Crippen LogP contribution in [0.25, 0.3) is 11.1 Å². The molecule has 2 aromatic rings. The first-order valence-corrected chi connectivity index (χ1v) is 10.6. The third-order valence-electron chi connectivity index (χ3n) is 6.00. The number of hydrogen-bond acceptors (Lipinski definition) is 4. The Morgan fingerprint density at radius 1 is 1.03 bits per heavy atom. The van der Waals surface area contributed by atoms with Crippen molar-refractivity contribution in [3.8, 4) is 11.1 Å². The van der Waals surface area contributed by atoms with Crippen molar-refractivity contribution in [1.82, 2.24) is 10.2 Å². The molecule has 0 fully saturated rings. The number of nitrogens with one attached hydrogen (secondary N) is 1. The second-order valence-corrected chi connectivity index (χ2v) is 9.23. The quantitative estimate of drug-likeness (QED) is 0.714. The average Bonchev–Trinajstić information content (AvgIpc) is 3.07. The van der Waals surface area contributed by atoms with E-state index in [0.717, 1.165) is 27.2 Å². The summed E-state index contributed by atoms with van der Waals surface area (Å²) in [6.07, 6.45) is -0.712. The second kappa shape index (κ2) is 9.02. The number of benzene rings is 2. The zero-order valence-electron chi connectivity index (χ0n) is 19.1. The van der Waals surface area contributed by atoms with E-state index in [4.69, 9.17) is 4.74 Å². The normalized spacial score (nSPS) is 14.7. The van der Waals surface area contributed by atoms with Gasteiger partial charge in [-0.1, -0.05) is 69.3 Å². The lowest BCUT2D eigenvalue weighted by Gasteiger charge is -2.34. The van der Waals surface area contributed by atoms with Gasteiger partial charge in [-0.25, -0.2) is 9.59 Å². The molecule has 0 aromatic heterocycles. The molecule has 0 saturated heterocycles. The van der Waals surface area contributed by atoms with E-state index in [9.17, 15) is 19.5 Å². The van der Waals surface area contributed by atoms with E-state index < -0.39 is 35.5 Å². The molecule has 2 atom stereocenters. The molecule has 2 amide bonds. The van der Waals surface area contributed by atoms with Crippen LogP contribution >= 0.6 is 0 Å². The highest BCUT2D eigenvalue weighted by atomic mass is 16.5. The van der Waals surface area contributed by atoms with E-state index in [1.165, 1.54) is 14.0 Å². The zero-order chi connectivity index (χ0) is 23.6. The predicted molar refractivity (Wildman–Crippen MR) is 121 cm³/mol. The van der Waals surface area contributed by atoms with Crippen molar-refractivity contribution in [1.29, 1.82) is 0 Å². The molecule has 1 aliphatic rings. The molecule has 0 radical (unpaired) electrons. The van der Waals surface area contributed by atoms with Gasteiger partial charge >= 0.3 is 12.1 Å². The topological polar surface area (TPSA) is 95.9 Å². The number of hydrogen-bond donors (Lipinski definition) is 2. The Bertz CT molecular complexity index is 981. The lowest BCUT2D eigenvalue weighted by molar-refractivity contribution is -0.150. The number of ether oxygens (including phenoxy) is 1. The summed E-state index contributed by atoms with van der Waals surface area (Å²) in [7, 11) is 1.42. The highest BCUT2D eigenvalue weighted by Crippen LogP contribution is 2.44. The smallest absolute Gasteiger partial charge is 0.407 e. The number of likely N-dealkylation sites (N-methyl/N-ethyl adjacent to an activating group) is 1. The molecule has 2 N–H and O–H groups in total. The summed E-state index contributed by atoms with van der Waals surface area (Å²) in [5.74, 6) is -1.69. The third kappa shape index (κ3) is 4.61. The van der Waals surface area contributed by atoms with Crippen molar-refractivity contribution in [2.24, 2.45) is 5.41 Å². The van der Waals surface area contributed by atoms with E-state index in [1.807, 2.05) is 36.4 Å². The molecule has 170 valence electrons. The predicted octanol–water partition coefficient (Wildman–Crippen LogP) is 3.87. The maximum Gasteiger partial charge on any atom is 0.407 e. The van der Waals surface area contributed by atoms with Crippen molar-refractivity contribution >= 4 is 18.0 Å². The van der Waals surface area contributed by atoms with Crippen LogP contribution in [0.15, 0.2) is 48.5 Å². The summed E-state index contributed by atoms with van der Waals surface area (Å²) in [5.41, 5.74) is 3.81. The van der Waals surface area contributed by atoms with Gasteiger partial charge < -0.3 is 20.1 Å². The number of carboxylic acids is 1. The van der Waals surface area contributed by atoms with E-state index >= 15 is 0 Å². The number of carbonyl (C=O) groups is 3. The fourth-order valence-corrected chi connectivity index (χ4v) is 3.97. The minimum Gasteiger partial charge on any atom is -0.480 e. The van der Waals surface area contributed by atoms with Gasteiger partial charge in [0.05, 0.1) is 0 Å². The lowest BCUT2D eigenvalue weighted by atomic mass is 9.85. The monoisotopic (exact) mass is 438 g/mol. The summed E-state index contributed by atoms with van der Waals surface area (Å²) in [5, 5.41) is 11.9. The number of alkyl carbamates (subject to hydrolysis) is 1. The van der Waals surface area contributed by atoms with Crippen molar-refractivity contribution in [3.05, 3.63) is 59.7 Å². The van der Waals surface area contributed by atoms with Crippen molar-refractivity contribution in [3.63, 3.8) is 0 Å². The summed E-state index contributed by atoms with van der Waals surface area (Å²) in [6, 6.07) is 14.1. The molecule has 7 nitrogen and oxygen atoms in total. The van der Waals surface area contributed by atoms with E-state index in [0.29, 0.717) is 0 Å². The maximum atomic E-state index is 13.0. The standard InChI is InChI=1S/C25H30N2O5/c1-15(23(29)30)27(5)22(28)21(25(2,3)4)26-24(31)32-14-20-18-12-8-6-10-16(18)17-11-7-9-13-19(17)20/h6-13,15,20-21H,14H2,1-5H3,(H,26,31)(H,29,30)/t15?,21-/m1/s1. The number of carboxylic acid groups (broad SMARTS) is 1. The SMILES string of the molecule is CC(C(=O)O)N(C)C(=O)[C@@H](NC(=O)OCC1c2ccccc2-c2ccccc21)C(C)(C)C. The summed E-state index contributed by atoms with van der Waals surface area (Å²) in [4.78, 5) is 38.1.